The van der Waals surface area contributed by atoms with Crippen molar-refractivity contribution in [3.05, 3.63) is 108 Å². The van der Waals surface area contributed by atoms with Crippen LogP contribution < -0.4 is 0 Å². The molecule has 0 aromatic carbocycles. The zero-order valence-corrected chi connectivity index (χ0v) is 20.5. The van der Waals surface area contributed by atoms with E-state index in [1.165, 1.54) is 24.8 Å². The van der Waals surface area contributed by atoms with Gasteiger partial charge in [0, 0.05) is 56.7 Å². The second-order valence-electron chi connectivity index (χ2n) is 6.07. The van der Waals surface area contributed by atoms with E-state index in [-0.39, 0.29) is 31.3 Å². The number of rotatable bonds is 6. The van der Waals surface area contributed by atoms with Gasteiger partial charge >= 0.3 is 0 Å². The number of hydrogen-bond donors (Lipinski definition) is 4. The van der Waals surface area contributed by atoms with Gasteiger partial charge in [-0.25, -0.2) is 0 Å². The quantitative estimate of drug-likeness (QED) is 0.141. The zero-order chi connectivity index (χ0) is 22.4. The van der Waals surface area contributed by atoms with Gasteiger partial charge in [0.15, 0.2) is 0 Å². The molecule has 4 aromatic rings. The van der Waals surface area contributed by atoms with Crippen molar-refractivity contribution < 1.29 is 29.7 Å². The van der Waals surface area contributed by atoms with Crippen LogP contribution in [0.4, 0.5) is 0 Å². The first-order chi connectivity index (χ1) is 15.7. The molecule has 4 aromatic heterocycles. The van der Waals surface area contributed by atoms with Gasteiger partial charge in [0.25, 0.3) is 0 Å². The number of aliphatic hydroxyl groups excluding tert-OH is 2. The van der Waals surface area contributed by atoms with Gasteiger partial charge in [0.2, 0.25) is 11.8 Å². The first-order valence-electron chi connectivity index (χ1n) is 9.40. The van der Waals surface area contributed by atoms with E-state index in [0.29, 0.717) is 11.1 Å². The number of nitrogens with zero attached hydrogens (tertiary/aromatic N) is 6. The number of aromatic nitrogens is 4. The second kappa shape index (κ2) is 13.9. The van der Waals surface area contributed by atoms with Crippen molar-refractivity contribution in [3.63, 3.8) is 0 Å². The fraction of sp³-hybridized carbons (Fsp3) is 0. The molecule has 0 fully saturated rings. The van der Waals surface area contributed by atoms with E-state index in [2.05, 4.69) is 40.3 Å². The topological polar surface area (TPSA) is 147 Å². The molecule has 0 amide bonds. The zero-order valence-electron chi connectivity index (χ0n) is 17.5. The molecular weight excluding hydrogens is 474 g/mol. The van der Waals surface area contributed by atoms with Crippen LogP contribution in [-0.4, -0.2) is 54.4 Å². The molecule has 0 bridgehead atoms. The molecule has 0 aliphatic rings. The van der Waals surface area contributed by atoms with Gasteiger partial charge in [-0.15, -0.1) is 10.2 Å². The van der Waals surface area contributed by atoms with Crippen LogP contribution in [-0.2, 0) is 19.5 Å². The minimum absolute atomic E-state index is 0. The standard InChI is InChI=1S/2C11H10N4O.Zn/c2*16-11(9-3-1-5-12-7-9)15-14-8-10-4-2-6-13-10;/h2*1-8,13H,(H,15,16);/b2*14-8+;. The minimum Gasteiger partial charge on any atom is -0.492 e. The van der Waals surface area contributed by atoms with Gasteiger partial charge in [-0.1, -0.05) is 0 Å². The number of pyridine rings is 2. The van der Waals surface area contributed by atoms with Crippen molar-refractivity contribution in [1.29, 1.82) is 0 Å². The van der Waals surface area contributed by atoms with E-state index < -0.39 is 0 Å². The molecule has 11 heteroatoms. The van der Waals surface area contributed by atoms with E-state index in [1.807, 2.05) is 24.3 Å². The van der Waals surface area contributed by atoms with Crippen LogP contribution in [0.1, 0.15) is 22.5 Å². The molecule has 4 heterocycles. The number of H-pyrrole nitrogens is 2. The Morgan fingerprint density at radius 2 is 1.15 bits per heavy atom. The summed E-state index contributed by atoms with van der Waals surface area (Å²) in [6.45, 7) is 0. The maximum Gasteiger partial charge on any atom is 0.239 e. The number of hydrogen-bond acceptors (Lipinski definition) is 6. The molecule has 0 aliphatic carbocycles. The Balaban J connectivity index is 0.000000227. The van der Waals surface area contributed by atoms with E-state index in [1.54, 1.807) is 49.1 Å². The van der Waals surface area contributed by atoms with Gasteiger partial charge in [0.05, 0.1) is 34.9 Å². The SMILES string of the molecule is O/C(=N\N=C\c1ccc[nH]1)c1cccnc1.O/C(=N\N=C\c1ccc[nH]1)c1cccnc1.[Zn]. The molecule has 0 saturated heterocycles. The van der Waals surface area contributed by atoms with Crippen LogP contribution in [0.3, 0.4) is 0 Å². The van der Waals surface area contributed by atoms with Gasteiger partial charge in [-0.3, -0.25) is 9.97 Å². The summed E-state index contributed by atoms with van der Waals surface area (Å²) in [6.07, 6.45) is 12.9. The first-order valence-corrected chi connectivity index (χ1v) is 9.40. The molecule has 0 aliphatic heterocycles. The third-order valence-corrected chi connectivity index (χ3v) is 3.78. The fourth-order valence-corrected chi connectivity index (χ4v) is 2.25. The molecule has 0 unspecified atom stereocenters. The van der Waals surface area contributed by atoms with Crippen molar-refractivity contribution in [2.75, 3.05) is 0 Å². The van der Waals surface area contributed by atoms with Crippen LogP contribution in [0.2, 0.25) is 0 Å². The molecule has 4 rings (SSSR count). The maximum absolute atomic E-state index is 9.54. The fourth-order valence-electron chi connectivity index (χ4n) is 2.25. The summed E-state index contributed by atoms with van der Waals surface area (Å²) in [4.78, 5) is 13.6. The average molecular weight is 494 g/mol. The molecule has 0 radical (unpaired) electrons. The van der Waals surface area contributed by atoms with Gasteiger partial charge in [-0.2, -0.15) is 10.2 Å². The summed E-state index contributed by atoms with van der Waals surface area (Å²) < 4.78 is 0. The molecular formula is C22H20N8O2Zn. The molecule has 162 valence electrons. The van der Waals surface area contributed by atoms with Crippen LogP contribution in [0.25, 0.3) is 0 Å². The Morgan fingerprint density at radius 3 is 1.48 bits per heavy atom. The van der Waals surface area contributed by atoms with Crippen molar-refractivity contribution in [2.45, 2.75) is 0 Å². The third kappa shape index (κ3) is 8.80. The van der Waals surface area contributed by atoms with Crippen molar-refractivity contribution >= 4 is 24.2 Å². The Bertz CT molecular complexity index is 1080. The van der Waals surface area contributed by atoms with Gasteiger partial charge in [-0.05, 0) is 48.5 Å². The van der Waals surface area contributed by atoms with E-state index >= 15 is 0 Å². The summed E-state index contributed by atoms with van der Waals surface area (Å²) in [6, 6.07) is 14.2. The monoisotopic (exact) mass is 492 g/mol. The Hall–Kier alpha value is -4.24. The molecule has 33 heavy (non-hydrogen) atoms. The van der Waals surface area contributed by atoms with Crippen LogP contribution in [0.15, 0.2) is 106 Å². The summed E-state index contributed by atoms with van der Waals surface area (Å²) in [5, 5.41) is 33.9. The third-order valence-electron chi connectivity index (χ3n) is 3.78. The summed E-state index contributed by atoms with van der Waals surface area (Å²) in [7, 11) is 0. The van der Waals surface area contributed by atoms with Crippen LogP contribution in [0.5, 0.6) is 0 Å². The number of aromatic amines is 2. The smallest absolute Gasteiger partial charge is 0.239 e. The summed E-state index contributed by atoms with van der Waals surface area (Å²) >= 11 is 0. The van der Waals surface area contributed by atoms with E-state index in [4.69, 9.17) is 0 Å². The van der Waals surface area contributed by atoms with Crippen molar-refractivity contribution in [1.82, 2.24) is 19.9 Å². The first kappa shape index (κ1) is 25.0. The van der Waals surface area contributed by atoms with E-state index in [0.717, 1.165) is 11.4 Å². The van der Waals surface area contributed by atoms with Crippen molar-refractivity contribution in [2.24, 2.45) is 20.4 Å². The Morgan fingerprint density at radius 1 is 0.697 bits per heavy atom. The predicted molar refractivity (Wildman–Crippen MR) is 124 cm³/mol. The molecule has 0 saturated carbocycles. The molecule has 0 spiro atoms. The largest absolute Gasteiger partial charge is 0.492 e. The Labute approximate surface area is 202 Å². The predicted octanol–water partition coefficient (Wildman–Crippen LogP) is 3.49. The van der Waals surface area contributed by atoms with Gasteiger partial charge < -0.3 is 20.2 Å². The van der Waals surface area contributed by atoms with E-state index in [9.17, 15) is 10.2 Å². The summed E-state index contributed by atoms with van der Waals surface area (Å²) in [5.41, 5.74) is 2.71. The van der Waals surface area contributed by atoms with Crippen molar-refractivity contribution in [3.8, 4) is 0 Å². The molecule has 10 nitrogen and oxygen atoms in total. The minimum atomic E-state index is -0.157. The maximum atomic E-state index is 9.54. The molecule has 4 N–H and O–H groups in total. The van der Waals surface area contributed by atoms with Crippen LogP contribution >= 0.6 is 0 Å². The van der Waals surface area contributed by atoms with Crippen LogP contribution in [0, 0.1) is 0 Å². The summed E-state index contributed by atoms with van der Waals surface area (Å²) in [5.74, 6) is -0.313. The number of aliphatic hydroxyl groups is 2. The average Bonchev–Trinajstić information content (AvgIpc) is 3.55. The van der Waals surface area contributed by atoms with Gasteiger partial charge in [0.1, 0.15) is 0 Å². The Kier molecular flexibility index (Phi) is 10.6. The normalized spacial score (nSPS) is 11.8. The number of nitrogens with one attached hydrogen (secondary N) is 2. The molecule has 0 atom stereocenters. The second-order valence-corrected chi connectivity index (χ2v) is 6.07.